The zero-order valence-corrected chi connectivity index (χ0v) is 19.0. The van der Waals surface area contributed by atoms with Crippen molar-refractivity contribution in [3.63, 3.8) is 0 Å². The van der Waals surface area contributed by atoms with Gasteiger partial charge in [0.05, 0.1) is 21.2 Å². The molecule has 0 spiro atoms. The zero-order valence-electron chi connectivity index (χ0n) is 16.6. The lowest BCUT2D eigenvalue weighted by Gasteiger charge is -2.07. The highest BCUT2D eigenvalue weighted by Crippen LogP contribution is 2.27. The van der Waals surface area contributed by atoms with Gasteiger partial charge in [-0.1, -0.05) is 39.7 Å². The third-order valence-corrected chi connectivity index (χ3v) is 5.10. The molecule has 164 valence electrons. The van der Waals surface area contributed by atoms with E-state index in [2.05, 4.69) is 21.2 Å². The van der Waals surface area contributed by atoms with Crippen LogP contribution in [0.2, 0.25) is 5.02 Å². The van der Waals surface area contributed by atoms with Crippen LogP contribution in [0, 0.1) is 21.4 Å². The van der Waals surface area contributed by atoms with Crippen LogP contribution in [0.1, 0.15) is 15.9 Å². The topological polar surface area (TPSA) is 122 Å². The number of amides is 1. The number of rotatable bonds is 6. The lowest BCUT2D eigenvalue weighted by Crippen LogP contribution is -2.13. The summed E-state index contributed by atoms with van der Waals surface area (Å²) in [7, 11) is 0. The van der Waals surface area contributed by atoms with E-state index >= 15 is 0 Å². The summed E-state index contributed by atoms with van der Waals surface area (Å²) in [6, 6.07) is 18.3. The van der Waals surface area contributed by atoms with Gasteiger partial charge in [-0.3, -0.25) is 14.9 Å². The van der Waals surface area contributed by atoms with Gasteiger partial charge in [0.2, 0.25) is 0 Å². The largest absolute Gasteiger partial charge is 0.423 e. The van der Waals surface area contributed by atoms with Crippen LogP contribution in [0.25, 0.3) is 6.08 Å². The minimum atomic E-state index is -0.737. The minimum absolute atomic E-state index is 0.0354. The molecule has 0 aliphatic rings. The van der Waals surface area contributed by atoms with Crippen molar-refractivity contribution in [1.29, 1.82) is 5.26 Å². The molecule has 33 heavy (non-hydrogen) atoms. The summed E-state index contributed by atoms with van der Waals surface area (Å²) in [5, 5.41) is 22.6. The van der Waals surface area contributed by atoms with Gasteiger partial charge in [-0.25, -0.2) is 4.79 Å². The second-order valence-electron chi connectivity index (χ2n) is 6.51. The molecule has 0 bridgehead atoms. The number of nitro groups is 1. The fraction of sp³-hybridized carbons (Fsp3) is 0. The van der Waals surface area contributed by atoms with E-state index in [4.69, 9.17) is 16.3 Å². The highest BCUT2D eigenvalue weighted by Gasteiger charge is 2.15. The van der Waals surface area contributed by atoms with Crippen molar-refractivity contribution in [2.45, 2.75) is 0 Å². The summed E-state index contributed by atoms with van der Waals surface area (Å²) in [5.74, 6) is -0.970. The van der Waals surface area contributed by atoms with Crippen LogP contribution in [-0.2, 0) is 4.79 Å². The average Bonchev–Trinajstić information content (AvgIpc) is 2.80. The maximum Gasteiger partial charge on any atom is 0.343 e. The number of nitriles is 1. The molecule has 8 nitrogen and oxygen atoms in total. The number of benzene rings is 3. The molecule has 0 heterocycles. The van der Waals surface area contributed by atoms with Gasteiger partial charge in [-0.05, 0) is 54.1 Å². The second kappa shape index (κ2) is 10.5. The highest BCUT2D eigenvalue weighted by molar-refractivity contribution is 9.10. The zero-order chi connectivity index (χ0) is 24.0. The Morgan fingerprint density at radius 1 is 1.09 bits per heavy atom. The highest BCUT2D eigenvalue weighted by atomic mass is 79.9. The van der Waals surface area contributed by atoms with Gasteiger partial charge >= 0.3 is 5.97 Å². The van der Waals surface area contributed by atoms with Gasteiger partial charge in [0.1, 0.15) is 17.4 Å². The number of hydrogen-bond donors (Lipinski definition) is 1. The van der Waals surface area contributed by atoms with Crippen molar-refractivity contribution in [3.05, 3.63) is 103 Å². The normalized spacial score (nSPS) is 10.8. The van der Waals surface area contributed by atoms with E-state index in [9.17, 15) is 25.0 Å². The molecular formula is C23H13BrClN3O5. The van der Waals surface area contributed by atoms with Crippen molar-refractivity contribution in [2.75, 3.05) is 5.32 Å². The first-order valence-corrected chi connectivity index (χ1v) is 10.4. The molecule has 1 amide bonds. The molecular weight excluding hydrogens is 514 g/mol. The molecule has 0 aliphatic heterocycles. The van der Waals surface area contributed by atoms with Gasteiger partial charge in [0.15, 0.2) is 0 Å². The molecule has 10 heteroatoms. The molecule has 0 aliphatic carbocycles. The van der Waals surface area contributed by atoms with Gasteiger partial charge < -0.3 is 10.1 Å². The Hall–Kier alpha value is -4.00. The Kier molecular flexibility index (Phi) is 7.56. The summed E-state index contributed by atoms with van der Waals surface area (Å²) in [6.45, 7) is 0. The number of nitro benzene ring substituents is 1. The van der Waals surface area contributed by atoms with Crippen molar-refractivity contribution < 1.29 is 19.2 Å². The maximum atomic E-state index is 12.4. The van der Waals surface area contributed by atoms with E-state index in [-0.39, 0.29) is 22.0 Å². The maximum absolute atomic E-state index is 12.4. The van der Waals surface area contributed by atoms with E-state index in [1.54, 1.807) is 42.5 Å². The number of halogens is 2. The molecule has 0 fully saturated rings. The molecule has 0 saturated heterocycles. The number of non-ortho nitro benzene ring substituents is 1. The predicted octanol–water partition coefficient (Wildman–Crippen LogP) is 5.78. The number of carbonyl (C=O) groups excluding carboxylic acids is 2. The number of esters is 1. The molecule has 0 aromatic heterocycles. The second-order valence-corrected chi connectivity index (χ2v) is 7.83. The van der Waals surface area contributed by atoms with Gasteiger partial charge in [0, 0.05) is 16.6 Å². The van der Waals surface area contributed by atoms with Crippen LogP contribution in [-0.4, -0.2) is 16.8 Å². The molecule has 0 unspecified atom stereocenters. The first-order chi connectivity index (χ1) is 15.8. The Labute approximate surface area is 201 Å². The molecule has 3 aromatic carbocycles. The number of hydrogen-bond acceptors (Lipinski definition) is 6. The van der Waals surface area contributed by atoms with Crippen molar-refractivity contribution in [3.8, 4) is 11.8 Å². The standard InChI is InChI=1S/C23H13BrClN3O5/c24-17-5-3-15(4-6-17)23(30)33-19-8-1-14(2-9-19)11-16(13-26)22(29)27-21-10-7-18(28(31)32)12-20(21)25/h1-12H,(H,27,29)/b16-11+. The van der Waals surface area contributed by atoms with Crippen LogP contribution >= 0.6 is 27.5 Å². The fourth-order valence-electron chi connectivity index (χ4n) is 2.61. The molecule has 0 radical (unpaired) electrons. The van der Waals surface area contributed by atoms with E-state index in [0.29, 0.717) is 16.9 Å². The van der Waals surface area contributed by atoms with E-state index < -0.39 is 16.8 Å². The van der Waals surface area contributed by atoms with E-state index in [1.807, 2.05) is 0 Å². The number of ether oxygens (including phenoxy) is 1. The summed E-state index contributed by atoms with van der Waals surface area (Å²) in [6.07, 6.45) is 1.34. The molecule has 0 atom stereocenters. The minimum Gasteiger partial charge on any atom is -0.423 e. The summed E-state index contributed by atoms with van der Waals surface area (Å²) in [4.78, 5) is 34.8. The number of carbonyl (C=O) groups is 2. The van der Waals surface area contributed by atoms with Gasteiger partial charge in [-0.15, -0.1) is 0 Å². The predicted molar refractivity (Wildman–Crippen MR) is 126 cm³/mol. The first-order valence-electron chi connectivity index (χ1n) is 9.21. The number of nitrogens with zero attached hydrogens (tertiary/aromatic N) is 2. The van der Waals surface area contributed by atoms with Crippen LogP contribution < -0.4 is 10.1 Å². The number of nitrogens with one attached hydrogen (secondary N) is 1. The SMILES string of the molecule is N#C/C(=C\c1ccc(OC(=O)c2ccc(Br)cc2)cc1)C(=O)Nc1ccc([N+](=O)[O-])cc1Cl. The monoisotopic (exact) mass is 525 g/mol. The lowest BCUT2D eigenvalue weighted by atomic mass is 10.1. The number of anilines is 1. The lowest BCUT2D eigenvalue weighted by molar-refractivity contribution is -0.384. The van der Waals surface area contributed by atoms with Crippen LogP contribution in [0.15, 0.2) is 76.8 Å². The first kappa shape index (κ1) is 23.7. The summed E-state index contributed by atoms with van der Waals surface area (Å²) in [5.41, 5.74) is 0.582. The van der Waals surface area contributed by atoms with Crippen LogP contribution in [0.4, 0.5) is 11.4 Å². The third-order valence-electron chi connectivity index (χ3n) is 4.26. The Morgan fingerprint density at radius 3 is 2.33 bits per heavy atom. The quantitative estimate of drug-likeness (QED) is 0.109. The van der Waals surface area contributed by atoms with E-state index in [1.165, 1.54) is 30.3 Å². The van der Waals surface area contributed by atoms with Gasteiger partial charge in [0.25, 0.3) is 11.6 Å². The van der Waals surface area contributed by atoms with Crippen LogP contribution in [0.5, 0.6) is 5.75 Å². The van der Waals surface area contributed by atoms with E-state index in [0.717, 1.165) is 10.5 Å². The Balaban J connectivity index is 1.70. The summed E-state index contributed by atoms with van der Waals surface area (Å²) < 4.78 is 6.15. The van der Waals surface area contributed by atoms with Crippen LogP contribution in [0.3, 0.4) is 0 Å². The Morgan fingerprint density at radius 2 is 1.76 bits per heavy atom. The van der Waals surface area contributed by atoms with Crippen molar-refractivity contribution in [2.24, 2.45) is 0 Å². The van der Waals surface area contributed by atoms with Crippen molar-refractivity contribution in [1.82, 2.24) is 0 Å². The molecule has 3 rings (SSSR count). The Bertz CT molecular complexity index is 1300. The van der Waals surface area contributed by atoms with Crippen molar-refractivity contribution >= 4 is 56.9 Å². The third kappa shape index (κ3) is 6.26. The molecule has 0 saturated carbocycles. The molecule has 3 aromatic rings. The van der Waals surface area contributed by atoms with Gasteiger partial charge in [-0.2, -0.15) is 5.26 Å². The summed E-state index contributed by atoms with van der Waals surface area (Å²) >= 11 is 9.27. The molecule has 1 N–H and O–H groups in total. The fourth-order valence-corrected chi connectivity index (χ4v) is 3.09. The smallest absolute Gasteiger partial charge is 0.343 e. The average molecular weight is 527 g/mol.